The third kappa shape index (κ3) is 3.91. The minimum absolute atomic E-state index is 0.306. The number of morpholine rings is 1. The van der Waals surface area contributed by atoms with Crippen LogP contribution in [-0.4, -0.2) is 72.8 Å². The van der Waals surface area contributed by atoms with Crippen LogP contribution in [0.2, 0.25) is 0 Å². The van der Waals surface area contributed by atoms with E-state index in [1.807, 2.05) is 11.3 Å². The van der Waals surface area contributed by atoms with Crippen LogP contribution in [0.1, 0.15) is 29.6 Å². The molecule has 2 aliphatic heterocycles. The van der Waals surface area contributed by atoms with E-state index in [2.05, 4.69) is 22.0 Å². The van der Waals surface area contributed by atoms with Gasteiger partial charge in [-0.3, -0.25) is 9.69 Å². The molecule has 1 aliphatic carbocycles. The molecule has 4 heterocycles. The molecule has 1 amide bonds. The number of nitrogens with zero attached hydrogens (tertiary/aromatic N) is 4. The van der Waals surface area contributed by atoms with E-state index in [1.54, 1.807) is 0 Å². The zero-order chi connectivity index (χ0) is 20.7. The fourth-order valence-electron chi connectivity index (χ4n) is 4.76. The number of ether oxygens (including phenoxy) is 1. The summed E-state index contributed by atoms with van der Waals surface area (Å²) in [5.41, 5.74) is 7.03. The molecule has 8 nitrogen and oxygen atoms in total. The molecule has 0 spiro atoms. The van der Waals surface area contributed by atoms with E-state index in [4.69, 9.17) is 20.4 Å². The Kier molecular flexibility index (Phi) is 5.61. The van der Waals surface area contributed by atoms with Crippen LogP contribution in [0, 0.1) is 5.92 Å². The maximum Gasteiger partial charge on any atom is 0.236 e. The topological polar surface area (TPSA) is 96.6 Å². The van der Waals surface area contributed by atoms with Crippen molar-refractivity contribution < 1.29 is 9.53 Å². The highest BCUT2D eigenvalue weighted by molar-refractivity contribution is 7.19. The van der Waals surface area contributed by atoms with Crippen LogP contribution in [0.5, 0.6) is 0 Å². The Labute approximate surface area is 180 Å². The van der Waals surface area contributed by atoms with Gasteiger partial charge < -0.3 is 20.7 Å². The summed E-state index contributed by atoms with van der Waals surface area (Å²) < 4.78 is 5.49. The molecule has 2 saturated heterocycles. The predicted molar refractivity (Wildman–Crippen MR) is 118 cm³/mol. The second-order valence-corrected chi connectivity index (χ2v) is 9.82. The summed E-state index contributed by atoms with van der Waals surface area (Å²) in [4.78, 5) is 29.0. The molecular weight excluding hydrogens is 400 g/mol. The summed E-state index contributed by atoms with van der Waals surface area (Å²) in [7, 11) is 0. The van der Waals surface area contributed by atoms with Gasteiger partial charge >= 0.3 is 0 Å². The summed E-state index contributed by atoms with van der Waals surface area (Å²) in [5.74, 6) is 2.26. The lowest BCUT2D eigenvalue weighted by atomic mass is 9.89. The maximum atomic E-state index is 11.8. The van der Waals surface area contributed by atoms with Gasteiger partial charge in [0.1, 0.15) is 22.5 Å². The van der Waals surface area contributed by atoms with Crippen molar-refractivity contribution in [3.05, 3.63) is 16.3 Å². The number of anilines is 1. The smallest absolute Gasteiger partial charge is 0.236 e. The highest BCUT2D eigenvalue weighted by Crippen LogP contribution is 2.41. The van der Waals surface area contributed by atoms with Crippen LogP contribution in [0.3, 0.4) is 0 Å². The number of hydrogen-bond donors (Lipinski definition) is 2. The van der Waals surface area contributed by atoms with Gasteiger partial charge in [-0.2, -0.15) is 0 Å². The first-order valence-corrected chi connectivity index (χ1v) is 11.8. The first-order valence-electron chi connectivity index (χ1n) is 11.0. The van der Waals surface area contributed by atoms with Crippen molar-refractivity contribution in [2.45, 2.75) is 38.8 Å². The van der Waals surface area contributed by atoms with E-state index in [9.17, 15) is 4.79 Å². The van der Waals surface area contributed by atoms with Gasteiger partial charge in [0.05, 0.1) is 25.1 Å². The Bertz CT molecular complexity index is 941. The molecule has 0 saturated carbocycles. The van der Waals surface area contributed by atoms with Crippen molar-refractivity contribution in [1.29, 1.82) is 0 Å². The molecule has 2 atom stereocenters. The molecule has 9 heteroatoms. The maximum absolute atomic E-state index is 11.8. The largest absolute Gasteiger partial charge is 0.379 e. The van der Waals surface area contributed by atoms with Crippen molar-refractivity contribution in [1.82, 2.24) is 20.2 Å². The number of fused-ring (bicyclic) bond motifs is 3. The fraction of sp³-hybridized carbons (Fsp3) is 0.667. The summed E-state index contributed by atoms with van der Waals surface area (Å²) >= 11 is 1.84. The monoisotopic (exact) mass is 430 g/mol. The second-order valence-electron chi connectivity index (χ2n) is 8.74. The van der Waals surface area contributed by atoms with E-state index < -0.39 is 0 Å². The van der Waals surface area contributed by atoms with E-state index in [0.717, 1.165) is 75.3 Å². The molecule has 0 unspecified atom stereocenters. The van der Waals surface area contributed by atoms with Crippen LogP contribution >= 0.6 is 11.3 Å². The number of primary amides is 1. The number of thiophene rings is 1. The molecule has 0 bridgehead atoms. The molecule has 30 heavy (non-hydrogen) atoms. The zero-order valence-corrected chi connectivity index (χ0v) is 18.3. The van der Waals surface area contributed by atoms with E-state index in [1.165, 1.54) is 22.2 Å². The number of nitrogens with two attached hydrogens (primary N) is 1. The standard InChI is InChI=1S/C21H30N6O2S/c1-13-2-3-14-16(10-13)30-21-18(14)20(27-5-4-23-15(11-27)19(22)28)24-17(25-21)12-26-6-8-29-9-7-26/h13,15,23H,2-12H2,1H3,(H2,22,28)/t13-,15+/m1/s1. The third-order valence-electron chi connectivity index (χ3n) is 6.47. The highest BCUT2D eigenvalue weighted by Gasteiger charge is 2.30. The molecule has 5 rings (SSSR count). The summed E-state index contributed by atoms with van der Waals surface area (Å²) in [6.07, 6.45) is 3.42. The van der Waals surface area contributed by atoms with Gasteiger partial charge in [-0.25, -0.2) is 9.97 Å². The molecule has 2 fully saturated rings. The number of amides is 1. The van der Waals surface area contributed by atoms with Crippen molar-refractivity contribution in [3.63, 3.8) is 0 Å². The molecular formula is C21H30N6O2S. The normalized spacial score (nSPS) is 25.4. The fourth-order valence-corrected chi connectivity index (χ4v) is 6.15. The Morgan fingerprint density at radius 2 is 2.13 bits per heavy atom. The average Bonchev–Trinajstić information content (AvgIpc) is 3.11. The first-order chi connectivity index (χ1) is 14.6. The average molecular weight is 431 g/mol. The molecule has 2 aromatic rings. The summed E-state index contributed by atoms with van der Waals surface area (Å²) in [6, 6.07) is -0.346. The zero-order valence-electron chi connectivity index (χ0n) is 17.5. The number of hydrogen-bond acceptors (Lipinski definition) is 8. The van der Waals surface area contributed by atoms with Crippen LogP contribution in [0.15, 0.2) is 0 Å². The van der Waals surface area contributed by atoms with Crippen molar-refractivity contribution in [3.8, 4) is 0 Å². The molecule has 3 N–H and O–H groups in total. The van der Waals surface area contributed by atoms with Crippen molar-refractivity contribution >= 4 is 33.3 Å². The van der Waals surface area contributed by atoms with Crippen LogP contribution in [0.4, 0.5) is 5.82 Å². The summed E-state index contributed by atoms with van der Waals surface area (Å²) in [6.45, 7) is 8.50. The van der Waals surface area contributed by atoms with Gasteiger partial charge in [0.25, 0.3) is 0 Å². The molecule has 3 aliphatic rings. The number of aryl methyl sites for hydroxylation is 1. The van der Waals surface area contributed by atoms with Crippen LogP contribution in [-0.2, 0) is 28.9 Å². The van der Waals surface area contributed by atoms with Crippen LogP contribution in [0.25, 0.3) is 10.2 Å². The lowest BCUT2D eigenvalue weighted by Crippen LogP contribution is -2.56. The number of carbonyl (C=O) groups excluding carboxylic acids is 1. The van der Waals surface area contributed by atoms with Crippen molar-refractivity contribution in [2.75, 3.05) is 50.8 Å². The quantitative estimate of drug-likeness (QED) is 0.744. The minimum atomic E-state index is -0.346. The first kappa shape index (κ1) is 20.1. The van der Waals surface area contributed by atoms with E-state index >= 15 is 0 Å². The third-order valence-corrected chi connectivity index (χ3v) is 7.62. The van der Waals surface area contributed by atoms with E-state index in [-0.39, 0.29) is 11.9 Å². The molecule has 2 aromatic heterocycles. The molecule has 0 aromatic carbocycles. The number of carbonyl (C=O) groups is 1. The Morgan fingerprint density at radius 3 is 2.93 bits per heavy atom. The van der Waals surface area contributed by atoms with Gasteiger partial charge in [0.2, 0.25) is 5.91 Å². The number of piperazine rings is 1. The highest BCUT2D eigenvalue weighted by atomic mass is 32.1. The van der Waals surface area contributed by atoms with Gasteiger partial charge in [0.15, 0.2) is 0 Å². The minimum Gasteiger partial charge on any atom is -0.379 e. The Morgan fingerprint density at radius 1 is 1.30 bits per heavy atom. The van der Waals surface area contributed by atoms with Crippen molar-refractivity contribution in [2.24, 2.45) is 11.7 Å². The second kappa shape index (κ2) is 8.37. The van der Waals surface area contributed by atoms with Gasteiger partial charge in [-0.15, -0.1) is 11.3 Å². The van der Waals surface area contributed by atoms with E-state index in [0.29, 0.717) is 12.5 Å². The Hall–Kier alpha value is -1.81. The SMILES string of the molecule is C[C@@H]1CCc2c(sc3nc(CN4CCOCC4)nc(N4CCN[C@H](C(N)=O)C4)c23)C1. The van der Waals surface area contributed by atoms with Gasteiger partial charge in [-0.05, 0) is 30.7 Å². The molecule has 162 valence electrons. The van der Waals surface area contributed by atoms with Gasteiger partial charge in [-0.1, -0.05) is 6.92 Å². The van der Waals surface area contributed by atoms with Crippen LogP contribution < -0.4 is 16.0 Å². The lowest BCUT2D eigenvalue weighted by molar-refractivity contribution is -0.120. The Balaban J connectivity index is 1.55. The molecule has 0 radical (unpaired) electrons. The predicted octanol–water partition coefficient (Wildman–Crippen LogP) is 0.912. The number of aromatic nitrogens is 2. The number of nitrogens with one attached hydrogen (secondary N) is 1. The summed E-state index contributed by atoms with van der Waals surface area (Å²) in [5, 5.41) is 4.44. The van der Waals surface area contributed by atoms with Gasteiger partial charge in [0, 0.05) is 37.6 Å². The number of rotatable bonds is 4. The lowest BCUT2D eigenvalue weighted by Gasteiger charge is -2.34.